The van der Waals surface area contributed by atoms with Crippen LogP contribution in [0.25, 0.3) is 0 Å². The second-order valence-corrected chi connectivity index (χ2v) is 4.47. The summed E-state index contributed by atoms with van der Waals surface area (Å²) in [7, 11) is 0. The Morgan fingerprint density at radius 2 is 2.12 bits per heavy atom. The molecule has 1 aromatic carbocycles. The summed E-state index contributed by atoms with van der Waals surface area (Å²) in [5.74, 6) is 0.569. The van der Waals surface area contributed by atoms with Gasteiger partial charge in [0.15, 0.2) is 0 Å². The molecule has 4 heteroatoms. The Labute approximate surface area is 108 Å². The van der Waals surface area contributed by atoms with Crippen molar-refractivity contribution >= 4 is 27.4 Å². The second kappa shape index (κ2) is 5.27. The molecule has 0 spiro atoms. The van der Waals surface area contributed by atoms with Crippen LogP contribution in [0.5, 0.6) is 0 Å². The number of pyridine rings is 1. The normalized spacial score (nSPS) is 10.3. The van der Waals surface area contributed by atoms with Gasteiger partial charge in [0.25, 0.3) is 0 Å². The van der Waals surface area contributed by atoms with E-state index in [9.17, 15) is 4.39 Å². The average molecular weight is 295 g/mol. The zero-order valence-electron chi connectivity index (χ0n) is 9.40. The van der Waals surface area contributed by atoms with Crippen molar-refractivity contribution in [3.63, 3.8) is 0 Å². The third-order valence-electron chi connectivity index (χ3n) is 2.42. The van der Waals surface area contributed by atoms with Crippen molar-refractivity contribution < 1.29 is 4.39 Å². The minimum Gasteiger partial charge on any atom is -0.327 e. The highest BCUT2D eigenvalue weighted by atomic mass is 79.9. The average Bonchev–Trinajstić information content (AvgIpc) is 2.33. The Morgan fingerprint density at radius 3 is 2.71 bits per heavy atom. The third kappa shape index (κ3) is 2.82. The van der Waals surface area contributed by atoms with Crippen LogP contribution in [-0.4, -0.2) is 11.5 Å². The molecule has 17 heavy (non-hydrogen) atoms. The second-order valence-electron chi connectivity index (χ2n) is 3.56. The number of hydrogen-bond donors (Lipinski definition) is 0. The first-order valence-electron chi connectivity index (χ1n) is 5.35. The van der Waals surface area contributed by atoms with E-state index < -0.39 is 0 Å². The molecule has 0 aliphatic carbocycles. The Hall–Kier alpha value is -1.42. The first-order valence-corrected chi connectivity index (χ1v) is 6.14. The molecule has 0 unspecified atom stereocenters. The van der Waals surface area contributed by atoms with Crippen LogP contribution in [0.3, 0.4) is 0 Å². The van der Waals surface area contributed by atoms with Crippen LogP contribution in [0.2, 0.25) is 0 Å². The molecule has 1 aromatic heterocycles. The van der Waals surface area contributed by atoms with Gasteiger partial charge in [-0.1, -0.05) is 6.07 Å². The van der Waals surface area contributed by atoms with E-state index >= 15 is 0 Å². The van der Waals surface area contributed by atoms with Gasteiger partial charge in [0.05, 0.1) is 0 Å². The van der Waals surface area contributed by atoms with Gasteiger partial charge in [0.2, 0.25) is 0 Å². The molecule has 0 saturated heterocycles. The fourth-order valence-electron chi connectivity index (χ4n) is 1.65. The van der Waals surface area contributed by atoms with Crippen LogP contribution < -0.4 is 4.90 Å². The lowest BCUT2D eigenvalue weighted by Crippen LogP contribution is -2.17. The summed E-state index contributed by atoms with van der Waals surface area (Å²) in [6.45, 7) is 2.74. The van der Waals surface area contributed by atoms with Crippen LogP contribution in [0.4, 0.5) is 15.9 Å². The Bertz CT molecular complexity index is 499. The van der Waals surface area contributed by atoms with Crippen LogP contribution in [0.1, 0.15) is 6.92 Å². The first-order chi connectivity index (χ1) is 8.20. The highest BCUT2D eigenvalue weighted by Crippen LogP contribution is 2.24. The lowest BCUT2D eigenvalue weighted by molar-refractivity contribution is 0.627. The summed E-state index contributed by atoms with van der Waals surface area (Å²) in [5.41, 5.74) is 0.808. The molecule has 2 rings (SSSR count). The monoisotopic (exact) mass is 294 g/mol. The molecular formula is C13H12BrFN2. The van der Waals surface area contributed by atoms with E-state index in [1.165, 1.54) is 12.1 Å². The summed E-state index contributed by atoms with van der Waals surface area (Å²) in [4.78, 5) is 6.27. The summed E-state index contributed by atoms with van der Waals surface area (Å²) in [6, 6.07) is 10.3. The van der Waals surface area contributed by atoms with Gasteiger partial charge in [-0.2, -0.15) is 0 Å². The van der Waals surface area contributed by atoms with E-state index in [1.807, 2.05) is 30.0 Å². The predicted octanol–water partition coefficient (Wildman–Crippen LogP) is 4.14. The molecule has 0 atom stereocenters. The summed E-state index contributed by atoms with van der Waals surface area (Å²) in [6.07, 6.45) is 1.73. The highest BCUT2D eigenvalue weighted by molar-refractivity contribution is 9.10. The maximum Gasteiger partial charge on any atom is 0.132 e. The molecule has 0 bridgehead atoms. The van der Waals surface area contributed by atoms with E-state index in [4.69, 9.17) is 0 Å². The molecule has 0 fully saturated rings. The van der Waals surface area contributed by atoms with E-state index in [0.717, 1.165) is 22.5 Å². The van der Waals surface area contributed by atoms with Crippen molar-refractivity contribution in [2.24, 2.45) is 0 Å². The number of aromatic nitrogens is 1. The quantitative estimate of drug-likeness (QED) is 0.846. The molecule has 0 radical (unpaired) electrons. The van der Waals surface area contributed by atoms with Crippen molar-refractivity contribution in [1.82, 2.24) is 4.98 Å². The van der Waals surface area contributed by atoms with Gasteiger partial charge in [-0.05, 0) is 53.2 Å². The Kier molecular flexibility index (Phi) is 3.74. The molecule has 0 saturated carbocycles. The van der Waals surface area contributed by atoms with Crippen LogP contribution in [0, 0.1) is 5.82 Å². The van der Waals surface area contributed by atoms with Crippen LogP contribution in [0.15, 0.2) is 47.1 Å². The van der Waals surface area contributed by atoms with Crippen molar-refractivity contribution in [2.75, 3.05) is 11.4 Å². The van der Waals surface area contributed by atoms with E-state index in [2.05, 4.69) is 20.9 Å². The number of benzene rings is 1. The van der Waals surface area contributed by atoms with Crippen molar-refractivity contribution in [3.8, 4) is 0 Å². The van der Waals surface area contributed by atoms with Crippen LogP contribution in [-0.2, 0) is 0 Å². The zero-order chi connectivity index (χ0) is 12.3. The maximum atomic E-state index is 13.2. The van der Waals surface area contributed by atoms with E-state index in [-0.39, 0.29) is 5.82 Å². The number of anilines is 2. The molecule has 0 N–H and O–H groups in total. The summed E-state index contributed by atoms with van der Waals surface area (Å²) >= 11 is 3.34. The minimum absolute atomic E-state index is 0.238. The molecule has 1 heterocycles. The molecule has 2 nitrogen and oxygen atoms in total. The first kappa shape index (κ1) is 12.0. The van der Waals surface area contributed by atoms with Gasteiger partial charge in [-0.25, -0.2) is 9.37 Å². The minimum atomic E-state index is -0.238. The van der Waals surface area contributed by atoms with Crippen molar-refractivity contribution in [1.29, 1.82) is 0 Å². The number of rotatable bonds is 3. The largest absolute Gasteiger partial charge is 0.327 e. The van der Waals surface area contributed by atoms with Gasteiger partial charge >= 0.3 is 0 Å². The van der Waals surface area contributed by atoms with Gasteiger partial charge in [0, 0.05) is 22.9 Å². The standard InChI is InChI=1S/C13H12BrFN2/c1-2-17(12-5-3-4-11(15)8-12)13-7-6-10(14)9-16-13/h3-9H,2H2,1H3. The lowest BCUT2D eigenvalue weighted by Gasteiger charge is -2.22. The molecule has 88 valence electrons. The van der Waals surface area contributed by atoms with Gasteiger partial charge < -0.3 is 4.90 Å². The van der Waals surface area contributed by atoms with Gasteiger partial charge in [0.1, 0.15) is 11.6 Å². The summed E-state index contributed by atoms with van der Waals surface area (Å²) < 4.78 is 14.1. The summed E-state index contributed by atoms with van der Waals surface area (Å²) in [5, 5.41) is 0. The number of hydrogen-bond acceptors (Lipinski definition) is 2. The van der Waals surface area contributed by atoms with Crippen LogP contribution >= 0.6 is 15.9 Å². The predicted molar refractivity (Wildman–Crippen MR) is 71.0 cm³/mol. The van der Waals surface area contributed by atoms with Crippen molar-refractivity contribution in [2.45, 2.75) is 6.92 Å². The topological polar surface area (TPSA) is 16.1 Å². The zero-order valence-corrected chi connectivity index (χ0v) is 11.0. The lowest BCUT2D eigenvalue weighted by atomic mass is 10.2. The fourth-order valence-corrected chi connectivity index (χ4v) is 1.88. The Balaban J connectivity index is 2.36. The third-order valence-corrected chi connectivity index (χ3v) is 2.89. The number of halogens is 2. The number of nitrogens with zero attached hydrogens (tertiary/aromatic N) is 2. The van der Waals surface area contributed by atoms with E-state index in [0.29, 0.717) is 0 Å². The molecule has 0 aliphatic heterocycles. The van der Waals surface area contributed by atoms with Gasteiger partial charge in [-0.3, -0.25) is 0 Å². The highest BCUT2D eigenvalue weighted by Gasteiger charge is 2.08. The molecular weight excluding hydrogens is 283 g/mol. The van der Waals surface area contributed by atoms with E-state index in [1.54, 1.807) is 12.3 Å². The maximum absolute atomic E-state index is 13.2. The molecule has 0 amide bonds. The SMILES string of the molecule is CCN(c1cccc(F)c1)c1ccc(Br)cn1. The molecule has 2 aromatic rings. The van der Waals surface area contributed by atoms with Crippen molar-refractivity contribution in [3.05, 3.63) is 52.9 Å². The fraction of sp³-hybridized carbons (Fsp3) is 0.154. The van der Waals surface area contributed by atoms with Gasteiger partial charge in [-0.15, -0.1) is 0 Å². The molecule has 0 aliphatic rings. The Morgan fingerprint density at radius 1 is 1.29 bits per heavy atom. The smallest absolute Gasteiger partial charge is 0.132 e.